The second-order valence-electron chi connectivity index (χ2n) is 20.6. The van der Waals surface area contributed by atoms with Crippen molar-refractivity contribution in [3.05, 3.63) is 136 Å². The Morgan fingerprint density at radius 3 is 1.87 bits per heavy atom. The number of carbonyl (C=O) groups excluding carboxylic acids is 4. The summed E-state index contributed by atoms with van der Waals surface area (Å²) in [7, 11) is 4.32. The summed E-state index contributed by atoms with van der Waals surface area (Å²) in [4.78, 5) is 54.0. The van der Waals surface area contributed by atoms with Gasteiger partial charge in [-0.05, 0) is 191 Å². The van der Waals surface area contributed by atoms with Crippen molar-refractivity contribution >= 4 is 35.3 Å². The number of aryl methyl sites for hydroxylation is 1. The number of ether oxygens (including phenoxy) is 2. The van der Waals surface area contributed by atoms with E-state index in [1.54, 1.807) is 31.2 Å². The van der Waals surface area contributed by atoms with Crippen molar-refractivity contribution < 1.29 is 28.7 Å². The molecule has 12 heteroatoms. The number of nitrogens with one attached hydrogen (secondary N) is 3. The van der Waals surface area contributed by atoms with Crippen molar-refractivity contribution in [2.45, 2.75) is 159 Å². The summed E-state index contributed by atoms with van der Waals surface area (Å²) < 4.78 is 11.1. The Hall–Kier alpha value is -5.23. The van der Waals surface area contributed by atoms with Gasteiger partial charge >= 0.3 is 5.97 Å². The number of hydrogen-bond acceptors (Lipinski definition) is 8. The zero-order valence-electron chi connectivity index (χ0n) is 42.6. The molecule has 1 heterocycles. The summed E-state index contributed by atoms with van der Waals surface area (Å²) in [5, 5.41) is 9.90. The van der Waals surface area contributed by atoms with Crippen molar-refractivity contribution in [3.63, 3.8) is 0 Å². The summed E-state index contributed by atoms with van der Waals surface area (Å²) in [6, 6.07) is 36.4. The molecule has 3 amide bonds. The lowest BCUT2D eigenvalue weighted by molar-refractivity contribution is -0.153. The zero-order chi connectivity index (χ0) is 50.2. The molecule has 1 aliphatic heterocycles. The maximum atomic E-state index is 13.4. The van der Waals surface area contributed by atoms with Gasteiger partial charge in [0, 0.05) is 47.2 Å². The van der Waals surface area contributed by atoms with Crippen molar-refractivity contribution in [3.8, 4) is 5.75 Å². The minimum atomic E-state index is -1.00. The Morgan fingerprint density at radius 2 is 1.29 bits per heavy atom. The van der Waals surface area contributed by atoms with Crippen LogP contribution in [0.5, 0.6) is 5.75 Å². The maximum Gasteiger partial charge on any atom is 0.303 e. The van der Waals surface area contributed by atoms with Crippen LogP contribution in [0.15, 0.2) is 109 Å². The molecule has 0 aromatic heterocycles. The van der Waals surface area contributed by atoms with E-state index in [-0.39, 0.29) is 40.9 Å². The lowest BCUT2D eigenvalue weighted by atomic mass is 9.73. The lowest BCUT2D eigenvalue weighted by Crippen LogP contribution is -2.57. The third-order valence-corrected chi connectivity index (χ3v) is 15.2. The number of esters is 1. The third kappa shape index (κ3) is 15.9. The maximum absolute atomic E-state index is 13.4. The average Bonchev–Trinajstić information content (AvgIpc) is 3.36. The molecule has 11 nitrogen and oxygen atoms in total. The van der Waals surface area contributed by atoms with E-state index < -0.39 is 17.7 Å². The number of rotatable bonds is 18. The molecule has 70 heavy (non-hydrogen) atoms. The molecule has 0 bridgehead atoms. The summed E-state index contributed by atoms with van der Waals surface area (Å²) in [5.41, 5.74) is 3.79. The molecule has 0 spiro atoms. The number of carbonyl (C=O) groups is 4. The molecule has 3 aliphatic rings. The van der Waals surface area contributed by atoms with E-state index in [4.69, 9.17) is 21.1 Å². The zero-order valence-corrected chi connectivity index (χ0v) is 43.3. The Labute approximate surface area is 422 Å². The average molecular weight is 977 g/mol. The van der Waals surface area contributed by atoms with E-state index in [1.165, 1.54) is 50.4 Å². The van der Waals surface area contributed by atoms with Crippen LogP contribution in [0, 0.1) is 0 Å². The fraction of sp³-hybridized carbons (Fsp3) is 0.517. The van der Waals surface area contributed by atoms with Gasteiger partial charge in [0.25, 0.3) is 17.7 Å². The Balaban J connectivity index is 0.000000264. The molecule has 4 aromatic rings. The standard InChI is InChI=1S/C37H46ClN3O3.C21H32N2O3/c1-36(2,44-33-17-11-28(12-18-33)21-24-39-34(42)30-13-15-31(38)16-14-30)35(43)40-32-19-22-37(23-20-32,41-25-7-4-8-26-41)27-29-9-5-3-6-10-29;1-16(26-17(2)24)20(25)22-19-11-14-21(15-12-19,23(3)4)13-10-18-8-6-5-7-9-18/h3,5-6,9-18,32H,4,7-8,19-27H2,1-2H3,(H,39,42)(H,40,43);5-9,16,19H,10-15H2,1-4H3,(H,22,25). The minimum absolute atomic E-state index is 0.0787. The topological polar surface area (TPSA) is 129 Å². The largest absolute Gasteiger partial charge is 0.478 e. The highest BCUT2D eigenvalue weighted by molar-refractivity contribution is 6.30. The number of amides is 3. The fourth-order valence-electron chi connectivity index (χ4n) is 10.6. The van der Waals surface area contributed by atoms with Gasteiger partial charge < -0.3 is 30.3 Å². The molecule has 2 saturated carbocycles. The molecule has 3 N–H and O–H groups in total. The van der Waals surface area contributed by atoms with E-state index in [2.05, 4.69) is 101 Å². The predicted octanol–water partition coefficient (Wildman–Crippen LogP) is 9.93. The molecule has 3 fully saturated rings. The summed E-state index contributed by atoms with van der Waals surface area (Å²) in [6.07, 6.45) is 15.3. The van der Waals surface area contributed by atoms with Crippen molar-refractivity contribution in [2.75, 3.05) is 33.7 Å². The van der Waals surface area contributed by atoms with Gasteiger partial charge in [0.05, 0.1) is 0 Å². The van der Waals surface area contributed by atoms with Crippen LogP contribution in [-0.4, -0.2) is 102 Å². The Kier molecular flexibility index (Phi) is 19.9. The number of hydrogen-bond donors (Lipinski definition) is 3. The summed E-state index contributed by atoms with van der Waals surface area (Å²) in [6.45, 7) is 9.48. The first-order chi connectivity index (χ1) is 33.5. The van der Waals surface area contributed by atoms with Gasteiger partial charge in [-0.1, -0.05) is 90.8 Å². The normalized spacial score (nSPS) is 22.1. The predicted molar refractivity (Wildman–Crippen MR) is 280 cm³/mol. The number of piperidine rings is 1. The first-order valence-electron chi connectivity index (χ1n) is 25.7. The summed E-state index contributed by atoms with van der Waals surface area (Å²) >= 11 is 5.91. The smallest absolute Gasteiger partial charge is 0.303 e. The third-order valence-electron chi connectivity index (χ3n) is 14.9. The van der Waals surface area contributed by atoms with Gasteiger partial charge in [0.2, 0.25) is 0 Å². The number of benzene rings is 4. The Morgan fingerprint density at radius 1 is 0.729 bits per heavy atom. The SMILES string of the molecule is CC(=O)OC(C)C(=O)NC1CCC(CCc2ccccc2)(N(C)C)CC1.CC(C)(Oc1ccc(CCNC(=O)c2ccc(Cl)cc2)cc1)C(=O)NC1CCC(Cc2ccccc2)(N2CCCCC2)CC1. The molecule has 378 valence electrons. The number of nitrogens with zero attached hydrogens (tertiary/aromatic N) is 2. The van der Waals surface area contributed by atoms with Crippen LogP contribution in [0.4, 0.5) is 0 Å². The quantitative estimate of drug-likeness (QED) is 0.0842. The first kappa shape index (κ1) is 54.1. The molecule has 1 atom stereocenters. The fourth-order valence-corrected chi connectivity index (χ4v) is 10.7. The molecule has 7 rings (SSSR count). The lowest BCUT2D eigenvalue weighted by Gasteiger charge is -2.50. The number of likely N-dealkylation sites (tertiary alicyclic amines) is 1. The highest BCUT2D eigenvalue weighted by Gasteiger charge is 2.42. The van der Waals surface area contributed by atoms with Crippen LogP contribution < -0.4 is 20.7 Å². The van der Waals surface area contributed by atoms with Crippen LogP contribution in [0.3, 0.4) is 0 Å². The monoisotopic (exact) mass is 976 g/mol. The van der Waals surface area contributed by atoms with E-state index in [0.717, 1.165) is 76.2 Å². The van der Waals surface area contributed by atoms with Gasteiger partial charge in [-0.15, -0.1) is 0 Å². The van der Waals surface area contributed by atoms with Crippen molar-refractivity contribution in [1.82, 2.24) is 25.8 Å². The van der Waals surface area contributed by atoms with Crippen LogP contribution in [0.25, 0.3) is 0 Å². The van der Waals surface area contributed by atoms with Gasteiger partial charge in [-0.2, -0.15) is 0 Å². The molecular weight excluding hydrogens is 898 g/mol. The second kappa shape index (κ2) is 25.8. The van der Waals surface area contributed by atoms with E-state index in [9.17, 15) is 19.2 Å². The Bertz CT molecular complexity index is 2250. The van der Waals surface area contributed by atoms with Gasteiger partial charge in [-0.3, -0.25) is 24.1 Å². The molecule has 0 radical (unpaired) electrons. The van der Waals surface area contributed by atoms with E-state index in [0.29, 0.717) is 29.3 Å². The van der Waals surface area contributed by atoms with Crippen LogP contribution in [0.2, 0.25) is 5.02 Å². The molecular formula is C58H78ClN5O6. The van der Waals surface area contributed by atoms with Gasteiger partial charge in [0.1, 0.15) is 5.75 Å². The second-order valence-corrected chi connectivity index (χ2v) is 21.0. The van der Waals surface area contributed by atoms with Gasteiger partial charge in [0.15, 0.2) is 11.7 Å². The minimum Gasteiger partial charge on any atom is -0.478 e. The van der Waals surface area contributed by atoms with Crippen LogP contribution in [0.1, 0.15) is 132 Å². The number of halogens is 1. The highest BCUT2D eigenvalue weighted by Crippen LogP contribution is 2.39. The van der Waals surface area contributed by atoms with Crippen LogP contribution >= 0.6 is 11.6 Å². The molecule has 1 unspecified atom stereocenters. The summed E-state index contributed by atoms with van der Waals surface area (Å²) in [5.74, 6) is -0.184. The van der Waals surface area contributed by atoms with E-state index in [1.807, 2.05) is 38.1 Å². The molecule has 2 aliphatic carbocycles. The van der Waals surface area contributed by atoms with Gasteiger partial charge in [-0.25, -0.2) is 0 Å². The van der Waals surface area contributed by atoms with Crippen LogP contribution in [-0.2, 0) is 38.4 Å². The molecule has 4 aromatic carbocycles. The highest BCUT2D eigenvalue weighted by atomic mass is 35.5. The van der Waals surface area contributed by atoms with E-state index >= 15 is 0 Å². The van der Waals surface area contributed by atoms with Crippen molar-refractivity contribution in [2.24, 2.45) is 0 Å². The first-order valence-corrected chi connectivity index (χ1v) is 26.0. The van der Waals surface area contributed by atoms with Crippen molar-refractivity contribution in [1.29, 1.82) is 0 Å². The molecule has 1 saturated heterocycles.